The van der Waals surface area contributed by atoms with Gasteiger partial charge >= 0.3 is 6.03 Å². The molecule has 0 aliphatic heterocycles. The van der Waals surface area contributed by atoms with Gasteiger partial charge in [0.25, 0.3) is 0 Å². The van der Waals surface area contributed by atoms with Crippen molar-refractivity contribution in [3.8, 4) is 5.75 Å². The molecule has 0 unspecified atom stereocenters. The average molecular weight is 435 g/mol. The summed E-state index contributed by atoms with van der Waals surface area (Å²) in [6.45, 7) is 1.10. The third-order valence-electron chi connectivity index (χ3n) is 4.68. The largest absolute Gasteiger partial charge is 0.489 e. The second-order valence-corrected chi connectivity index (χ2v) is 7.18. The van der Waals surface area contributed by atoms with Crippen molar-refractivity contribution in [2.24, 2.45) is 0 Å². The highest BCUT2D eigenvalue weighted by molar-refractivity contribution is 5.83. The Balaban J connectivity index is 1.28. The van der Waals surface area contributed by atoms with Gasteiger partial charge in [0.1, 0.15) is 18.2 Å². The molecule has 3 aromatic carbocycles. The van der Waals surface area contributed by atoms with Gasteiger partial charge < -0.3 is 20.7 Å². The first-order valence-corrected chi connectivity index (χ1v) is 10.4. The Bertz CT molecular complexity index is 993. The van der Waals surface area contributed by atoms with Crippen molar-refractivity contribution in [1.82, 2.24) is 16.0 Å². The van der Waals surface area contributed by atoms with Crippen LogP contribution in [0.15, 0.2) is 78.9 Å². The SMILES string of the molecule is O=C(CNC(=O)NCc1ccc(F)cc1)NCCc1ccc(OCc2ccccc2)cc1. The van der Waals surface area contributed by atoms with Gasteiger partial charge in [-0.15, -0.1) is 0 Å². The number of hydrogen-bond acceptors (Lipinski definition) is 3. The van der Waals surface area contributed by atoms with E-state index in [1.54, 1.807) is 12.1 Å². The molecule has 3 aromatic rings. The van der Waals surface area contributed by atoms with Gasteiger partial charge in [0.2, 0.25) is 5.91 Å². The molecular weight excluding hydrogens is 409 g/mol. The summed E-state index contributed by atoms with van der Waals surface area (Å²) in [6.07, 6.45) is 0.668. The van der Waals surface area contributed by atoms with Gasteiger partial charge in [-0.25, -0.2) is 9.18 Å². The Morgan fingerprint density at radius 1 is 0.750 bits per heavy atom. The molecule has 0 heterocycles. The fourth-order valence-corrected chi connectivity index (χ4v) is 2.91. The Morgan fingerprint density at radius 3 is 2.16 bits per heavy atom. The van der Waals surface area contributed by atoms with Crippen LogP contribution in [-0.2, 0) is 24.4 Å². The zero-order valence-corrected chi connectivity index (χ0v) is 17.6. The number of urea groups is 1. The molecule has 0 saturated heterocycles. The molecule has 0 saturated carbocycles. The summed E-state index contributed by atoms with van der Waals surface area (Å²) in [7, 11) is 0. The van der Waals surface area contributed by atoms with Crippen LogP contribution in [0.5, 0.6) is 5.75 Å². The number of rotatable bonds is 10. The van der Waals surface area contributed by atoms with Crippen molar-refractivity contribution in [1.29, 1.82) is 0 Å². The Labute approximate surface area is 186 Å². The Kier molecular flexibility index (Phi) is 8.62. The third kappa shape index (κ3) is 8.10. The quantitative estimate of drug-likeness (QED) is 0.456. The molecule has 166 valence electrons. The molecule has 0 bridgehead atoms. The van der Waals surface area contributed by atoms with E-state index in [0.717, 1.165) is 22.4 Å². The summed E-state index contributed by atoms with van der Waals surface area (Å²) < 4.78 is 18.6. The molecule has 3 rings (SSSR count). The molecule has 6 nitrogen and oxygen atoms in total. The minimum atomic E-state index is -0.462. The number of carbonyl (C=O) groups excluding carboxylic acids is 2. The monoisotopic (exact) mass is 435 g/mol. The lowest BCUT2D eigenvalue weighted by molar-refractivity contribution is -0.120. The van der Waals surface area contributed by atoms with Crippen molar-refractivity contribution < 1.29 is 18.7 Å². The van der Waals surface area contributed by atoms with Crippen LogP contribution >= 0.6 is 0 Å². The number of halogens is 1. The maximum absolute atomic E-state index is 12.9. The van der Waals surface area contributed by atoms with Crippen molar-refractivity contribution in [2.45, 2.75) is 19.6 Å². The number of benzene rings is 3. The minimum Gasteiger partial charge on any atom is -0.489 e. The van der Waals surface area contributed by atoms with Crippen LogP contribution in [0.2, 0.25) is 0 Å². The molecule has 7 heteroatoms. The zero-order chi connectivity index (χ0) is 22.6. The second-order valence-electron chi connectivity index (χ2n) is 7.18. The summed E-state index contributed by atoms with van der Waals surface area (Å²) in [6, 6.07) is 23.1. The zero-order valence-electron chi connectivity index (χ0n) is 17.6. The molecular formula is C25H26FN3O3. The van der Waals surface area contributed by atoms with E-state index in [1.165, 1.54) is 12.1 Å². The molecule has 0 spiro atoms. The van der Waals surface area contributed by atoms with Crippen LogP contribution in [0, 0.1) is 5.82 Å². The van der Waals surface area contributed by atoms with Gasteiger partial charge in [-0.2, -0.15) is 0 Å². The molecule has 32 heavy (non-hydrogen) atoms. The smallest absolute Gasteiger partial charge is 0.315 e. The van der Waals surface area contributed by atoms with E-state index in [2.05, 4.69) is 16.0 Å². The number of hydrogen-bond donors (Lipinski definition) is 3. The summed E-state index contributed by atoms with van der Waals surface area (Å²) in [4.78, 5) is 23.7. The van der Waals surface area contributed by atoms with Crippen LogP contribution < -0.4 is 20.7 Å². The van der Waals surface area contributed by atoms with Gasteiger partial charge in [0, 0.05) is 13.1 Å². The first kappa shape index (κ1) is 22.8. The lowest BCUT2D eigenvalue weighted by Gasteiger charge is -2.09. The Hall–Kier alpha value is -3.87. The molecule has 3 amide bonds. The normalized spacial score (nSPS) is 10.3. The van der Waals surface area contributed by atoms with Crippen molar-refractivity contribution >= 4 is 11.9 Å². The summed E-state index contributed by atoms with van der Waals surface area (Å²) >= 11 is 0. The molecule has 3 N–H and O–H groups in total. The van der Waals surface area contributed by atoms with Crippen molar-refractivity contribution in [3.05, 3.63) is 101 Å². The van der Waals surface area contributed by atoms with Gasteiger partial charge in [0.05, 0.1) is 6.54 Å². The Morgan fingerprint density at radius 2 is 1.44 bits per heavy atom. The first-order valence-electron chi connectivity index (χ1n) is 10.4. The van der Waals surface area contributed by atoms with E-state index in [4.69, 9.17) is 4.74 Å². The van der Waals surface area contributed by atoms with Gasteiger partial charge in [0.15, 0.2) is 0 Å². The number of carbonyl (C=O) groups is 2. The van der Waals surface area contributed by atoms with Crippen molar-refractivity contribution in [2.75, 3.05) is 13.1 Å². The number of amides is 3. The fraction of sp³-hybridized carbons (Fsp3) is 0.200. The highest BCUT2D eigenvalue weighted by Crippen LogP contribution is 2.14. The van der Waals surface area contributed by atoms with E-state index in [0.29, 0.717) is 19.6 Å². The summed E-state index contributed by atoms with van der Waals surface area (Å²) in [5.74, 6) is 0.185. The first-order chi connectivity index (χ1) is 15.6. The second kappa shape index (κ2) is 12.1. The van der Waals surface area contributed by atoms with Gasteiger partial charge in [-0.3, -0.25) is 4.79 Å². The molecule has 0 radical (unpaired) electrons. The average Bonchev–Trinajstić information content (AvgIpc) is 2.82. The van der Waals surface area contributed by atoms with E-state index < -0.39 is 6.03 Å². The minimum absolute atomic E-state index is 0.123. The summed E-state index contributed by atoms with van der Waals surface area (Å²) in [5.41, 5.74) is 2.95. The molecule has 0 aliphatic rings. The lowest BCUT2D eigenvalue weighted by atomic mass is 10.1. The topological polar surface area (TPSA) is 79.5 Å². The van der Waals surface area contributed by atoms with Crippen LogP contribution in [0.4, 0.5) is 9.18 Å². The van der Waals surface area contributed by atoms with E-state index in [1.807, 2.05) is 54.6 Å². The van der Waals surface area contributed by atoms with Crippen LogP contribution in [0.1, 0.15) is 16.7 Å². The maximum Gasteiger partial charge on any atom is 0.315 e. The number of nitrogens with one attached hydrogen (secondary N) is 3. The standard InChI is InChI=1S/C25H26FN3O3/c26-22-10-6-20(7-11-22)16-28-25(31)29-17-24(30)27-15-14-19-8-12-23(13-9-19)32-18-21-4-2-1-3-5-21/h1-13H,14-18H2,(H,27,30)(H2,28,29,31). The molecule has 0 aliphatic carbocycles. The predicted octanol–water partition coefficient (Wildman–Crippen LogP) is 3.56. The molecule has 0 aromatic heterocycles. The van der Waals surface area contributed by atoms with Gasteiger partial charge in [-0.05, 0) is 47.4 Å². The van der Waals surface area contributed by atoms with Crippen LogP contribution in [0.3, 0.4) is 0 Å². The highest BCUT2D eigenvalue weighted by atomic mass is 19.1. The van der Waals surface area contributed by atoms with Crippen LogP contribution in [0.25, 0.3) is 0 Å². The van der Waals surface area contributed by atoms with E-state index in [-0.39, 0.29) is 24.8 Å². The molecule has 0 fully saturated rings. The van der Waals surface area contributed by atoms with Crippen molar-refractivity contribution in [3.63, 3.8) is 0 Å². The van der Waals surface area contributed by atoms with E-state index in [9.17, 15) is 14.0 Å². The maximum atomic E-state index is 12.9. The predicted molar refractivity (Wildman–Crippen MR) is 121 cm³/mol. The highest BCUT2D eigenvalue weighted by Gasteiger charge is 2.05. The third-order valence-corrected chi connectivity index (χ3v) is 4.68. The summed E-state index contributed by atoms with van der Waals surface area (Å²) in [5, 5.41) is 7.89. The van der Waals surface area contributed by atoms with Crippen LogP contribution in [-0.4, -0.2) is 25.0 Å². The van der Waals surface area contributed by atoms with Gasteiger partial charge in [-0.1, -0.05) is 54.6 Å². The molecule has 0 atom stereocenters. The van der Waals surface area contributed by atoms with E-state index >= 15 is 0 Å². The number of ether oxygens (including phenoxy) is 1. The lowest BCUT2D eigenvalue weighted by Crippen LogP contribution is -2.42. The fourth-order valence-electron chi connectivity index (χ4n) is 2.91.